The van der Waals surface area contributed by atoms with Gasteiger partial charge in [-0.15, -0.1) is 0 Å². The van der Waals surface area contributed by atoms with E-state index in [1.165, 1.54) is 10.5 Å². The molecule has 6 amide bonds. The summed E-state index contributed by atoms with van der Waals surface area (Å²) in [6.07, 6.45) is 8.14. The second-order valence-electron chi connectivity index (χ2n) is 15.5. The average Bonchev–Trinajstić information content (AvgIpc) is 3.99. The minimum absolute atomic E-state index is 0.00181. The van der Waals surface area contributed by atoms with Crippen molar-refractivity contribution in [3.05, 3.63) is 47.5 Å². The van der Waals surface area contributed by atoms with E-state index in [0.717, 1.165) is 18.4 Å². The van der Waals surface area contributed by atoms with Gasteiger partial charge in [0.1, 0.15) is 23.2 Å². The molecule has 51 heavy (non-hydrogen) atoms. The van der Waals surface area contributed by atoms with Crippen LogP contribution in [0.1, 0.15) is 89.7 Å². The Bertz CT molecular complexity index is 1690. The SMILES string of the molecule is CC(C)(C)OC(=O)N[C@H]1CCCCC/C=C\[C@H]2C[C@@]2(C(=O)NS(=O)(=O)C2CC2)NC(=O)[C@@H]2C[C@@H](NC(=O)N3CCc4ccccc4C3)CN2C1=O. The third-order valence-electron chi connectivity index (χ3n) is 10.3. The van der Waals surface area contributed by atoms with Gasteiger partial charge in [0.25, 0.3) is 5.91 Å². The van der Waals surface area contributed by atoms with Gasteiger partial charge in [0.15, 0.2) is 0 Å². The summed E-state index contributed by atoms with van der Waals surface area (Å²) in [5.41, 5.74) is -0.0529. The van der Waals surface area contributed by atoms with Gasteiger partial charge in [0, 0.05) is 25.6 Å². The lowest BCUT2D eigenvalue weighted by Crippen LogP contribution is -2.58. The number of hydrogen-bond donors (Lipinski definition) is 4. The van der Waals surface area contributed by atoms with Crippen molar-refractivity contribution in [2.24, 2.45) is 5.92 Å². The molecule has 5 aliphatic rings. The highest BCUT2D eigenvalue weighted by molar-refractivity contribution is 7.91. The van der Waals surface area contributed by atoms with Crippen LogP contribution in [0.3, 0.4) is 0 Å². The van der Waals surface area contributed by atoms with Crippen LogP contribution in [-0.2, 0) is 42.1 Å². The van der Waals surface area contributed by atoms with Crippen molar-refractivity contribution < 1.29 is 37.1 Å². The van der Waals surface area contributed by atoms with Gasteiger partial charge < -0.3 is 30.5 Å². The van der Waals surface area contributed by atoms with E-state index < -0.39 is 74.3 Å². The number of ether oxygens (including phenoxy) is 1. The van der Waals surface area contributed by atoms with Gasteiger partial charge >= 0.3 is 12.1 Å². The number of amides is 6. The zero-order valence-corrected chi connectivity index (χ0v) is 30.4. The van der Waals surface area contributed by atoms with Gasteiger partial charge in [0.05, 0.1) is 11.3 Å². The lowest BCUT2D eigenvalue weighted by molar-refractivity contribution is -0.141. The average molecular weight is 727 g/mol. The number of carbonyl (C=O) groups excluding carboxylic acids is 5. The Morgan fingerprint density at radius 2 is 1.75 bits per heavy atom. The monoisotopic (exact) mass is 726 g/mol. The van der Waals surface area contributed by atoms with Crippen molar-refractivity contribution in [2.45, 2.75) is 126 Å². The molecule has 1 saturated heterocycles. The first-order valence-corrected chi connectivity index (χ1v) is 19.7. The van der Waals surface area contributed by atoms with E-state index in [4.69, 9.17) is 4.74 Å². The maximum Gasteiger partial charge on any atom is 0.408 e. The molecule has 1 aromatic rings. The van der Waals surface area contributed by atoms with Crippen molar-refractivity contribution in [1.82, 2.24) is 30.5 Å². The van der Waals surface area contributed by atoms with Crippen molar-refractivity contribution in [2.75, 3.05) is 13.1 Å². The molecular weight excluding hydrogens is 676 g/mol. The smallest absolute Gasteiger partial charge is 0.408 e. The molecule has 2 aliphatic carbocycles. The number of hydrogen-bond acceptors (Lipinski definition) is 8. The Kier molecular flexibility index (Phi) is 10.4. The molecule has 2 saturated carbocycles. The van der Waals surface area contributed by atoms with Gasteiger partial charge in [-0.05, 0) is 83.3 Å². The Labute approximate surface area is 299 Å². The van der Waals surface area contributed by atoms with Gasteiger partial charge in [0.2, 0.25) is 21.8 Å². The number of benzene rings is 1. The Morgan fingerprint density at radius 1 is 1.00 bits per heavy atom. The second kappa shape index (κ2) is 14.5. The highest BCUT2D eigenvalue weighted by atomic mass is 32.2. The van der Waals surface area contributed by atoms with Crippen LogP contribution in [0.4, 0.5) is 9.59 Å². The molecule has 3 fully saturated rings. The minimum atomic E-state index is -3.88. The van der Waals surface area contributed by atoms with Crippen LogP contribution >= 0.6 is 0 Å². The summed E-state index contributed by atoms with van der Waals surface area (Å²) in [5, 5.41) is 7.97. The summed E-state index contributed by atoms with van der Waals surface area (Å²) in [5.74, 6) is -2.35. The first-order chi connectivity index (χ1) is 24.1. The summed E-state index contributed by atoms with van der Waals surface area (Å²) in [6, 6.07) is 4.92. The molecule has 0 radical (unpaired) electrons. The summed E-state index contributed by atoms with van der Waals surface area (Å²) in [4.78, 5) is 71.7. The van der Waals surface area contributed by atoms with E-state index >= 15 is 0 Å². The molecule has 0 bridgehead atoms. The van der Waals surface area contributed by atoms with Crippen LogP contribution in [0.25, 0.3) is 0 Å². The van der Waals surface area contributed by atoms with Crippen molar-refractivity contribution in [1.29, 1.82) is 0 Å². The maximum atomic E-state index is 14.3. The Hall–Kier alpha value is -4.14. The number of nitrogens with zero attached hydrogens (tertiary/aromatic N) is 2. The molecule has 1 aromatic carbocycles. The predicted octanol–water partition coefficient (Wildman–Crippen LogP) is 2.62. The molecule has 278 valence electrons. The number of fused-ring (bicyclic) bond motifs is 3. The molecule has 3 aliphatic heterocycles. The number of allylic oxidation sites excluding steroid dienone is 1. The van der Waals surface area contributed by atoms with Crippen LogP contribution in [0.15, 0.2) is 36.4 Å². The third kappa shape index (κ3) is 8.67. The molecule has 0 spiro atoms. The number of sulfonamides is 1. The number of nitrogens with one attached hydrogen (secondary N) is 4. The van der Waals surface area contributed by atoms with Crippen LogP contribution in [0, 0.1) is 5.92 Å². The predicted molar refractivity (Wildman–Crippen MR) is 187 cm³/mol. The maximum absolute atomic E-state index is 14.3. The van der Waals surface area contributed by atoms with Gasteiger partial charge in [-0.1, -0.05) is 49.3 Å². The van der Waals surface area contributed by atoms with Crippen molar-refractivity contribution >= 4 is 39.9 Å². The first-order valence-electron chi connectivity index (χ1n) is 18.1. The highest BCUT2D eigenvalue weighted by Crippen LogP contribution is 2.46. The third-order valence-corrected chi connectivity index (χ3v) is 12.1. The molecule has 14 nitrogen and oxygen atoms in total. The Morgan fingerprint density at radius 3 is 2.47 bits per heavy atom. The van der Waals surface area contributed by atoms with Crippen LogP contribution < -0.4 is 20.7 Å². The fourth-order valence-corrected chi connectivity index (χ4v) is 8.65. The molecule has 15 heteroatoms. The van der Waals surface area contributed by atoms with E-state index in [-0.39, 0.29) is 25.4 Å². The fraction of sp³-hybridized carbons (Fsp3) is 0.639. The molecule has 6 rings (SSSR count). The molecule has 0 aromatic heterocycles. The van der Waals surface area contributed by atoms with Crippen LogP contribution in [-0.4, -0.2) is 95.7 Å². The summed E-state index contributed by atoms with van der Waals surface area (Å²) < 4.78 is 33.2. The summed E-state index contributed by atoms with van der Waals surface area (Å²) in [6.45, 7) is 6.11. The van der Waals surface area contributed by atoms with Crippen molar-refractivity contribution in [3.63, 3.8) is 0 Å². The van der Waals surface area contributed by atoms with E-state index in [0.29, 0.717) is 51.6 Å². The number of rotatable bonds is 5. The second-order valence-corrected chi connectivity index (χ2v) is 17.5. The lowest BCUT2D eigenvalue weighted by atomic mass is 10.0. The summed E-state index contributed by atoms with van der Waals surface area (Å²) in [7, 11) is -3.88. The molecule has 5 atom stereocenters. The lowest BCUT2D eigenvalue weighted by Gasteiger charge is -2.31. The van der Waals surface area contributed by atoms with Crippen LogP contribution in [0.2, 0.25) is 0 Å². The zero-order valence-electron chi connectivity index (χ0n) is 29.6. The normalized spacial score (nSPS) is 29.2. The zero-order chi connectivity index (χ0) is 36.6. The van der Waals surface area contributed by atoms with E-state index in [9.17, 15) is 32.4 Å². The van der Waals surface area contributed by atoms with Gasteiger partial charge in [-0.2, -0.15) is 0 Å². The number of urea groups is 1. The molecule has 3 heterocycles. The van der Waals surface area contributed by atoms with E-state index in [2.05, 4.69) is 20.7 Å². The van der Waals surface area contributed by atoms with Crippen LogP contribution in [0.5, 0.6) is 0 Å². The molecule has 0 unspecified atom stereocenters. The standard InChI is InChI=1S/C36H50N6O8S/c1-35(2,3)50-34(47)38-28-14-8-6-4-5-7-13-25-20-36(25,32(45)40-51(48,49)27-15-16-27)39-30(43)29-19-26(22-42(29)31(28)44)37-33(46)41-18-17-23-11-9-10-12-24(23)21-41/h7,9-13,25-29H,4-6,8,14-22H2,1-3H3,(H,37,46)(H,38,47)(H,39,43)(H,40,45)/b13-7-/t25-,26+,28-,29-,36+/m0/s1. The number of carbonyl (C=O) groups is 5. The molecular formula is C36H50N6O8S. The summed E-state index contributed by atoms with van der Waals surface area (Å²) >= 11 is 0. The highest BCUT2D eigenvalue weighted by Gasteiger charge is 2.62. The minimum Gasteiger partial charge on any atom is -0.444 e. The quantitative estimate of drug-likeness (QED) is 0.334. The number of alkyl carbamates (subject to hydrolysis) is 1. The Balaban J connectivity index is 1.25. The topological polar surface area (TPSA) is 183 Å². The molecule has 4 N–H and O–H groups in total. The first kappa shape index (κ1) is 36.6. The largest absolute Gasteiger partial charge is 0.444 e. The van der Waals surface area contributed by atoms with E-state index in [1.807, 2.05) is 36.4 Å². The van der Waals surface area contributed by atoms with Gasteiger partial charge in [-0.25, -0.2) is 18.0 Å². The van der Waals surface area contributed by atoms with E-state index in [1.54, 1.807) is 25.7 Å². The fourth-order valence-electron chi connectivity index (χ4n) is 7.29. The van der Waals surface area contributed by atoms with Crippen molar-refractivity contribution in [3.8, 4) is 0 Å². The van der Waals surface area contributed by atoms with Gasteiger partial charge in [-0.3, -0.25) is 19.1 Å².